The van der Waals surface area contributed by atoms with Crippen molar-refractivity contribution < 1.29 is 14.3 Å². The van der Waals surface area contributed by atoms with Gasteiger partial charge in [0, 0.05) is 43.4 Å². The van der Waals surface area contributed by atoms with Crippen molar-refractivity contribution in [2.24, 2.45) is 17.3 Å². The summed E-state index contributed by atoms with van der Waals surface area (Å²) >= 11 is 0. The molecule has 5 heteroatoms. The van der Waals surface area contributed by atoms with Gasteiger partial charge in [-0.2, -0.15) is 0 Å². The second-order valence-electron chi connectivity index (χ2n) is 7.72. The zero-order valence-corrected chi connectivity index (χ0v) is 15.4. The summed E-state index contributed by atoms with van der Waals surface area (Å²) in [4.78, 5) is 14.4. The normalized spacial score (nSPS) is 26.1. The summed E-state index contributed by atoms with van der Waals surface area (Å²) in [5.41, 5.74) is 1.28. The summed E-state index contributed by atoms with van der Waals surface area (Å²) in [6, 6.07) is 10.3. The highest BCUT2D eigenvalue weighted by atomic mass is 16.5. The monoisotopic (exact) mass is 346 g/mol. The highest BCUT2D eigenvalue weighted by Gasteiger charge is 2.50. The molecule has 1 aromatic rings. The van der Waals surface area contributed by atoms with E-state index in [0.717, 1.165) is 46.0 Å². The van der Waals surface area contributed by atoms with E-state index in [4.69, 9.17) is 9.47 Å². The average Bonchev–Trinajstić information content (AvgIpc) is 3.14. The minimum absolute atomic E-state index is 0.0288. The standard InChI is InChI=1S/C20H30N2O3/c1-16(2)19(23)21-13-20-14-22(10-18(20)12-25-15-20)8-9-24-11-17-6-4-3-5-7-17/h3-7,16,18H,8-15H2,1-2H3,(H,21,23)/t18-,20+/m0/s1. The maximum Gasteiger partial charge on any atom is 0.222 e. The fraction of sp³-hybridized carbons (Fsp3) is 0.650. The Bertz CT molecular complexity index is 563. The molecule has 1 aromatic carbocycles. The Labute approximate surface area is 150 Å². The maximum atomic E-state index is 11.9. The van der Waals surface area contributed by atoms with E-state index in [2.05, 4.69) is 22.3 Å². The van der Waals surface area contributed by atoms with Crippen molar-refractivity contribution in [2.45, 2.75) is 20.5 Å². The van der Waals surface area contributed by atoms with Crippen LogP contribution in [0.5, 0.6) is 0 Å². The van der Waals surface area contributed by atoms with Crippen molar-refractivity contribution in [1.82, 2.24) is 10.2 Å². The van der Waals surface area contributed by atoms with E-state index >= 15 is 0 Å². The van der Waals surface area contributed by atoms with Gasteiger partial charge in [0.2, 0.25) is 5.91 Å². The number of ether oxygens (including phenoxy) is 2. The fourth-order valence-electron chi connectivity index (χ4n) is 3.79. The highest BCUT2D eigenvalue weighted by Crippen LogP contribution is 2.40. The van der Waals surface area contributed by atoms with Crippen LogP contribution in [0, 0.1) is 17.3 Å². The van der Waals surface area contributed by atoms with E-state index in [1.165, 1.54) is 5.56 Å². The molecular weight excluding hydrogens is 316 g/mol. The van der Waals surface area contributed by atoms with E-state index in [-0.39, 0.29) is 17.2 Å². The number of nitrogens with one attached hydrogen (secondary N) is 1. The summed E-state index contributed by atoms with van der Waals surface area (Å²) in [6.45, 7) is 10.5. The van der Waals surface area contributed by atoms with Crippen LogP contribution < -0.4 is 5.32 Å². The Kier molecular flexibility index (Phi) is 6.10. The Morgan fingerprint density at radius 2 is 2.20 bits per heavy atom. The molecule has 5 nitrogen and oxygen atoms in total. The van der Waals surface area contributed by atoms with Gasteiger partial charge in [-0.25, -0.2) is 0 Å². The lowest BCUT2D eigenvalue weighted by molar-refractivity contribution is -0.124. The molecule has 2 saturated heterocycles. The molecule has 1 N–H and O–H groups in total. The van der Waals surface area contributed by atoms with Crippen LogP contribution in [-0.4, -0.2) is 56.8 Å². The topological polar surface area (TPSA) is 50.8 Å². The second kappa shape index (κ2) is 8.30. The summed E-state index contributed by atoms with van der Waals surface area (Å²) in [5, 5.41) is 3.12. The molecule has 1 amide bonds. The van der Waals surface area contributed by atoms with Crippen molar-refractivity contribution in [1.29, 1.82) is 0 Å². The molecule has 2 heterocycles. The van der Waals surface area contributed by atoms with Crippen LogP contribution in [0.15, 0.2) is 30.3 Å². The van der Waals surface area contributed by atoms with E-state index in [0.29, 0.717) is 12.5 Å². The SMILES string of the molecule is CC(C)C(=O)NC[C@@]12COC[C@@H]1CN(CCOCc1ccccc1)C2. The fourth-order valence-corrected chi connectivity index (χ4v) is 3.79. The molecule has 2 aliphatic heterocycles. The third-order valence-electron chi connectivity index (χ3n) is 5.39. The number of hydrogen-bond donors (Lipinski definition) is 1. The first-order valence-electron chi connectivity index (χ1n) is 9.28. The van der Waals surface area contributed by atoms with Gasteiger partial charge in [-0.15, -0.1) is 0 Å². The van der Waals surface area contributed by atoms with Crippen LogP contribution in [0.2, 0.25) is 0 Å². The lowest BCUT2D eigenvalue weighted by atomic mass is 9.81. The highest BCUT2D eigenvalue weighted by molar-refractivity contribution is 5.77. The van der Waals surface area contributed by atoms with Crippen LogP contribution in [-0.2, 0) is 20.9 Å². The molecular formula is C20H30N2O3. The number of fused-ring (bicyclic) bond motifs is 1. The van der Waals surface area contributed by atoms with Crippen molar-refractivity contribution in [3.63, 3.8) is 0 Å². The number of carbonyl (C=O) groups excluding carboxylic acids is 1. The van der Waals surface area contributed by atoms with Gasteiger partial charge in [-0.05, 0) is 5.56 Å². The van der Waals surface area contributed by atoms with Gasteiger partial charge < -0.3 is 14.8 Å². The van der Waals surface area contributed by atoms with Crippen LogP contribution in [0.4, 0.5) is 0 Å². The van der Waals surface area contributed by atoms with Gasteiger partial charge in [0.1, 0.15) is 0 Å². The number of hydrogen-bond acceptors (Lipinski definition) is 4. The Hall–Kier alpha value is -1.43. The first-order valence-corrected chi connectivity index (χ1v) is 9.28. The summed E-state index contributed by atoms with van der Waals surface area (Å²) in [7, 11) is 0. The van der Waals surface area contributed by atoms with Gasteiger partial charge in [-0.1, -0.05) is 44.2 Å². The molecule has 0 saturated carbocycles. The van der Waals surface area contributed by atoms with Crippen LogP contribution in [0.25, 0.3) is 0 Å². The van der Waals surface area contributed by atoms with Crippen LogP contribution >= 0.6 is 0 Å². The summed E-state index contributed by atoms with van der Waals surface area (Å²) in [5.74, 6) is 0.666. The smallest absolute Gasteiger partial charge is 0.222 e. The van der Waals surface area contributed by atoms with Crippen LogP contribution in [0.3, 0.4) is 0 Å². The predicted octanol–water partition coefficient (Wildman–Crippen LogP) is 1.92. The number of nitrogens with zero attached hydrogens (tertiary/aromatic N) is 1. The first kappa shape index (κ1) is 18.4. The minimum atomic E-state index is 0.0288. The van der Waals surface area contributed by atoms with Crippen molar-refractivity contribution >= 4 is 5.91 Å². The number of benzene rings is 1. The lowest BCUT2D eigenvalue weighted by Crippen LogP contribution is -2.44. The number of rotatable bonds is 8. The zero-order valence-electron chi connectivity index (χ0n) is 15.4. The number of amides is 1. The van der Waals surface area contributed by atoms with Gasteiger partial charge in [0.15, 0.2) is 0 Å². The minimum Gasteiger partial charge on any atom is -0.380 e. The first-order chi connectivity index (χ1) is 12.1. The molecule has 0 bridgehead atoms. The van der Waals surface area contributed by atoms with E-state index in [9.17, 15) is 4.79 Å². The molecule has 2 fully saturated rings. The molecule has 0 spiro atoms. The molecule has 2 atom stereocenters. The lowest BCUT2D eigenvalue weighted by Gasteiger charge is -2.28. The number of carbonyl (C=O) groups is 1. The maximum absolute atomic E-state index is 11.9. The average molecular weight is 346 g/mol. The number of likely N-dealkylation sites (tertiary alicyclic amines) is 1. The third kappa shape index (κ3) is 4.60. The van der Waals surface area contributed by atoms with Crippen LogP contribution in [0.1, 0.15) is 19.4 Å². The van der Waals surface area contributed by atoms with Gasteiger partial charge in [0.05, 0.1) is 26.4 Å². The molecule has 0 unspecified atom stereocenters. The molecule has 25 heavy (non-hydrogen) atoms. The van der Waals surface area contributed by atoms with Crippen molar-refractivity contribution in [2.75, 3.05) is 46.0 Å². The van der Waals surface area contributed by atoms with E-state index in [1.807, 2.05) is 32.0 Å². The van der Waals surface area contributed by atoms with E-state index in [1.54, 1.807) is 0 Å². The molecule has 0 aromatic heterocycles. The van der Waals surface area contributed by atoms with Gasteiger partial charge in [0.25, 0.3) is 0 Å². The molecule has 138 valence electrons. The molecule has 0 aliphatic carbocycles. The summed E-state index contributed by atoms with van der Waals surface area (Å²) in [6.07, 6.45) is 0. The molecule has 0 radical (unpaired) electrons. The predicted molar refractivity (Wildman–Crippen MR) is 97.1 cm³/mol. The third-order valence-corrected chi connectivity index (χ3v) is 5.39. The second-order valence-corrected chi connectivity index (χ2v) is 7.72. The molecule has 2 aliphatic rings. The largest absolute Gasteiger partial charge is 0.380 e. The van der Waals surface area contributed by atoms with Gasteiger partial charge >= 0.3 is 0 Å². The summed E-state index contributed by atoms with van der Waals surface area (Å²) < 4.78 is 11.6. The quantitative estimate of drug-likeness (QED) is 0.731. The Morgan fingerprint density at radius 3 is 2.96 bits per heavy atom. The molecule has 3 rings (SSSR count). The zero-order chi connectivity index (χ0) is 17.7. The Morgan fingerprint density at radius 1 is 1.40 bits per heavy atom. The van der Waals surface area contributed by atoms with Crippen molar-refractivity contribution in [3.8, 4) is 0 Å². The van der Waals surface area contributed by atoms with Gasteiger partial charge in [-0.3, -0.25) is 9.69 Å². The van der Waals surface area contributed by atoms with Crippen molar-refractivity contribution in [3.05, 3.63) is 35.9 Å². The Balaban J connectivity index is 1.43. The van der Waals surface area contributed by atoms with E-state index < -0.39 is 0 Å².